The molecule has 0 bridgehead atoms. The topological polar surface area (TPSA) is 65.5 Å². The SMILES string of the molecule is CCOC(OCC)C(=O)C(C)C(=O)c1ccc(F)cn1. The average Bonchev–Trinajstić information content (AvgIpc) is 2.45. The number of carbonyl (C=O) groups is 2. The second-order valence-electron chi connectivity index (χ2n) is 4.09. The van der Waals surface area contributed by atoms with Crippen molar-refractivity contribution in [3.63, 3.8) is 0 Å². The average molecular weight is 283 g/mol. The van der Waals surface area contributed by atoms with Gasteiger partial charge >= 0.3 is 0 Å². The number of hydrogen-bond acceptors (Lipinski definition) is 5. The maximum Gasteiger partial charge on any atom is 0.218 e. The Bertz CT molecular complexity index is 455. The highest BCUT2D eigenvalue weighted by Gasteiger charge is 2.30. The van der Waals surface area contributed by atoms with Gasteiger partial charge in [0.05, 0.1) is 12.1 Å². The summed E-state index contributed by atoms with van der Waals surface area (Å²) in [6.45, 7) is 5.51. The van der Waals surface area contributed by atoms with Gasteiger partial charge in [-0.05, 0) is 32.9 Å². The molecule has 0 fully saturated rings. The Morgan fingerprint density at radius 2 is 1.85 bits per heavy atom. The molecule has 110 valence electrons. The van der Waals surface area contributed by atoms with Crippen LogP contribution < -0.4 is 0 Å². The zero-order valence-electron chi connectivity index (χ0n) is 11.8. The molecule has 1 atom stereocenters. The summed E-state index contributed by atoms with van der Waals surface area (Å²) in [4.78, 5) is 27.9. The van der Waals surface area contributed by atoms with E-state index in [2.05, 4.69) is 4.98 Å². The Morgan fingerprint density at radius 3 is 2.30 bits per heavy atom. The number of aromatic nitrogens is 1. The number of hydrogen-bond donors (Lipinski definition) is 0. The van der Waals surface area contributed by atoms with E-state index in [4.69, 9.17) is 9.47 Å². The van der Waals surface area contributed by atoms with Gasteiger partial charge in [0.25, 0.3) is 0 Å². The predicted octanol–water partition coefficient (Wildman–Crippen LogP) is 2.01. The van der Waals surface area contributed by atoms with E-state index in [1.54, 1.807) is 13.8 Å². The van der Waals surface area contributed by atoms with E-state index in [1.165, 1.54) is 13.0 Å². The van der Waals surface area contributed by atoms with E-state index in [-0.39, 0.29) is 5.69 Å². The molecule has 0 aliphatic heterocycles. The highest BCUT2D eigenvalue weighted by atomic mass is 19.1. The first-order valence-corrected chi connectivity index (χ1v) is 6.43. The number of Topliss-reactive ketones (excluding diaryl/α,β-unsaturated/α-hetero) is 2. The van der Waals surface area contributed by atoms with E-state index in [1.807, 2.05) is 0 Å². The minimum Gasteiger partial charge on any atom is -0.346 e. The standard InChI is InChI=1S/C14H18FNO4/c1-4-19-14(20-5-2)13(18)9(3)12(17)11-7-6-10(15)8-16-11/h6-9,14H,4-5H2,1-3H3. The van der Waals surface area contributed by atoms with Crippen molar-refractivity contribution in [3.05, 3.63) is 29.8 Å². The fourth-order valence-electron chi connectivity index (χ4n) is 1.59. The first kappa shape index (κ1) is 16.4. The number of pyridine rings is 1. The van der Waals surface area contributed by atoms with Gasteiger partial charge in [0.1, 0.15) is 11.5 Å². The van der Waals surface area contributed by atoms with Crippen LogP contribution in [-0.4, -0.2) is 36.1 Å². The van der Waals surface area contributed by atoms with Crippen LogP contribution in [0.25, 0.3) is 0 Å². The monoisotopic (exact) mass is 283 g/mol. The van der Waals surface area contributed by atoms with Crippen molar-refractivity contribution >= 4 is 11.6 Å². The summed E-state index contributed by atoms with van der Waals surface area (Å²) >= 11 is 0. The van der Waals surface area contributed by atoms with Gasteiger partial charge in [0, 0.05) is 13.2 Å². The lowest BCUT2D eigenvalue weighted by atomic mass is 9.98. The molecule has 1 unspecified atom stereocenters. The van der Waals surface area contributed by atoms with Gasteiger partial charge in [-0.1, -0.05) is 0 Å². The van der Waals surface area contributed by atoms with Crippen molar-refractivity contribution in [1.82, 2.24) is 4.98 Å². The van der Waals surface area contributed by atoms with Gasteiger partial charge in [-0.15, -0.1) is 0 Å². The lowest BCUT2D eigenvalue weighted by molar-refractivity contribution is -0.170. The van der Waals surface area contributed by atoms with Crippen LogP contribution in [0, 0.1) is 11.7 Å². The van der Waals surface area contributed by atoms with E-state index < -0.39 is 29.6 Å². The summed E-state index contributed by atoms with van der Waals surface area (Å²) in [5.41, 5.74) is 0.0407. The number of carbonyl (C=O) groups excluding carboxylic acids is 2. The van der Waals surface area contributed by atoms with Gasteiger partial charge in [0.2, 0.25) is 6.29 Å². The van der Waals surface area contributed by atoms with Crippen LogP contribution in [0.15, 0.2) is 18.3 Å². The second kappa shape index (κ2) is 7.81. The second-order valence-corrected chi connectivity index (χ2v) is 4.09. The van der Waals surface area contributed by atoms with E-state index >= 15 is 0 Å². The quantitative estimate of drug-likeness (QED) is 0.415. The van der Waals surface area contributed by atoms with Gasteiger partial charge in [-0.25, -0.2) is 4.39 Å². The predicted molar refractivity (Wildman–Crippen MR) is 69.7 cm³/mol. The normalized spacial score (nSPS) is 12.4. The number of rotatable bonds is 8. The molecule has 20 heavy (non-hydrogen) atoms. The molecule has 5 nitrogen and oxygen atoms in total. The number of halogens is 1. The van der Waals surface area contributed by atoms with Crippen LogP contribution >= 0.6 is 0 Å². The zero-order valence-corrected chi connectivity index (χ0v) is 11.8. The van der Waals surface area contributed by atoms with E-state index in [9.17, 15) is 14.0 Å². The molecule has 0 aliphatic carbocycles. The molecule has 1 heterocycles. The lowest BCUT2D eigenvalue weighted by Crippen LogP contribution is -2.35. The summed E-state index contributed by atoms with van der Waals surface area (Å²) in [6.07, 6.45) is -0.128. The van der Waals surface area contributed by atoms with Crippen molar-refractivity contribution in [1.29, 1.82) is 0 Å². The fourth-order valence-corrected chi connectivity index (χ4v) is 1.59. The van der Waals surface area contributed by atoms with Crippen LogP contribution in [0.4, 0.5) is 4.39 Å². The van der Waals surface area contributed by atoms with Crippen molar-refractivity contribution in [2.75, 3.05) is 13.2 Å². The Hall–Kier alpha value is -1.66. The number of ether oxygens (including phenoxy) is 2. The fraction of sp³-hybridized carbons (Fsp3) is 0.500. The molecular formula is C14H18FNO4. The molecular weight excluding hydrogens is 265 g/mol. The van der Waals surface area contributed by atoms with Crippen LogP contribution in [0.1, 0.15) is 31.3 Å². The largest absolute Gasteiger partial charge is 0.346 e. The lowest BCUT2D eigenvalue weighted by Gasteiger charge is -2.18. The summed E-state index contributed by atoms with van der Waals surface area (Å²) in [5.74, 6) is -2.46. The number of nitrogens with zero attached hydrogens (tertiary/aromatic N) is 1. The molecule has 0 N–H and O–H groups in total. The Labute approximate surface area is 117 Å². The molecule has 0 saturated heterocycles. The summed E-state index contributed by atoms with van der Waals surface area (Å²) in [5, 5.41) is 0. The maximum atomic E-state index is 12.8. The van der Waals surface area contributed by atoms with Crippen molar-refractivity contribution in [2.24, 2.45) is 5.92 Å². The van der Waals surface area contributed by atoms with Crippen LogP contribution in [0.3, 0.4) is 0 Å². The van der Waals surface area contributed by atoms with Crippen molar-refractivity contribution in [3.8, 4) is 0 Å². The summed E-state index contributed by atoms with van der Waals surface area (Å²) < 4.78 is 23.1. The summed E-state index contributed by atoms with van der Waals surface area (Å²) in [7, 11) is 0. The van der Waals surface area contributed by atoms with Gasteiger partial charge in [0.15, 0.2) is 11.6 Å². The first-order chi connectivity index (χ1) is 9.51. The minimum absolute atomic E-state index is 0.0407. The highest BCUT2D eigenvalue weighted by Crippen LogP contribution is 2.12. The molecule has 1 aromatic rings. The van der Waals surface area contributed by atoms with Crippen molar-refractivity contribution in [2.45, 2.75) is 27.1 Å². The smallest absolute Gasteiger partial charge is 0.218 e. The van der Waals surface area contributed by atoms with Crippen LogP contribution in [0.5, 0.6) is 0 Å². The molecule has 0 amide bonds. The number of ketones is 2. The molecule has 1 rings (SSSR count). The van der Waals surface area contributed by atoms with E-state index in [0.29, 0.717) is 13.2 Å². The Balaban J connectivity index is 2.81. The Kier molecular flexibility index (Phi) is 6.41. The van der Waals surface area contributed by atoms with Gasteiger partial charge in [-0.3, -0.25) is 14.6 Å². The molecule has 0 aliphatic rings. The summed E-state index contributed by atoms with van der Waals surface area (Å²) in [6, 6.07) is 2.37. The Morgan fingerprint density at radius 1 is 1.25 bits per heavy atom. The van der Waals surface area contributed by atoms with Crippen molar-refractivity contribution < 1.29 is 23.5 Å². The molecule has 0 spiro atoms. The molecule has 0 aromatic carbocycles. The van der Waals surface area contributed by atoms with Crippen LogP contribution in [0.2, 0.25) is 0 Å². The van der Waals surface area contributed by atoms with Gasteiger partial charge < -0.3 is 9.47 Å². The molecule has 6 heteroatoms. The third kappa shape index (κ3) is 4.18. The molecule has 1 aromatic heterocycles. The zero-order chi connectivity index (χ0) is 15.1. The maximum absolute atomic E-state index is 12.8. The highest BCUT2D eigenvalue weighted by molar-refractivity contribution is 6.10. The van der Waals surface area contributed by atoms with Crippen LogP contribution in [-0.2, 0) is 14.3 Å². The van der Waals surface area contributed by atoms with Gasteiger partial charge in [-0.2, -0.15) is 0 Å². The third-order valence-corrected chi connectivity index (χ3v) is 2.67. The molecule has 0 radical (unpaired) electrons. The molecule has 0 saturated carbocycles. The van der Waals surface area contributed by atoms with E-state index in [0.717, 1.165) is 12.3 Å². The first-order valence-electron chi connectivity index (χ1n) is 6.43. The minimum atomic E-state index is -1.07. The third-order valence-electron chi connectivity index (χ3n) is 2.67.